The third kappa shape index (κ3) is 2.67. The third-order valence-electron chi connectivity index (χ3n) is 2.51. The standard InChI is InChI=1S/C11H15N5OS/c1-7(11-13-3-4-18-11)5-14-10(17)9-8(12)6-16(2)15-9/h3-4,6-7H,5,12H2,1-2H3,(H,14,17). The van der Waals surface area contributed by atoms with Crippen molar-refractivity contribution in [3.05, 3.63) is 28.5 Å². The highest BCUT2D eigenvalue weighted by Crippen LogP contribution is 2.16. The summed E-state index contributed by atoms with van der Waals surface area (Å²) in [5.41, 5.74) is 6.34. The summed E-state index contributed by atoms with van der Waals surface area (Å²) in [6.07, 6.45) is 3.37. The van der Waals surface area contributed by atoms with Crippen LogP contribution in [0.25, 0.3) is 0 Å². The van der Waals surface area contributed by atoms with Gasteiger partial charge < -0.3 is 11.1 Å². The van der Waals surface area contributed by atoms with Crippen LogP contribution in [-0.2, 0) is 7.05 Å². The van der Waals surface area contributed by atoms with E-state index < -0.39 is 0 Å². The second kappa shape index (κ2) is 5.18. The molecule has 2 rings (SSSR count). The summed E-state index contributed by atoms with van der Waals surface area (Å²) >= 11 is 1.58. The van der Waals surface area contributed by atoms with E-state index in [0.29, 0.717) is 12.2 Å². The molecule has 3 N–H and O–H groups in total. The van der Waals surface area contributed by atoms with Crippen molar-refractivity contribution in [2.45, 2.75) is 12.8 Å². The molecule has 0 aliphatic heterocycles. The van der Waals surface area contributed by atoms with Crippen LogP contribution in [0.15, 0.2) is 17.8 Å². The lowest BCUT2D eigenvalue weighted by atomic mass is 10.2. The average molecular weight is 265 g/mol. The summed E-state index contributed by atoms with van der Waals surface area (Å²) in [7, 11) is 1.73. The van der Waals surface area contributed by atoms with Crippen LogP contribution in [0.1, 0.15) is 28.3 Å². The number of nitrogens with two attached hydrogens (primary N) is 1. The number of nitrogens with zero attached hydrogens (tertiary/aromatic N) is 3. The second-order valence-electron chi connectivity index (χ2n) is 4.09. The third-order valence-corrected chi connectivity index (χ3v) is 3.52. The number of hydrogen-bond acceptors (Lipinski definition) is 5. The highest BCUT2D eigenvalue weighted by molar-refractivity contribution is 7.09. The van der Waals surface area contributed by atoms with Gasteiger partial charge in [0.2, 0.25) is 0 Å². The molecule has 0 fully saturated rings. The molecule has 0 aromatic carbocycles. The number of carbonyl (C=O) groups excluding carboxylic acids is 1. The fraction of sp³-hybridized carbons (Fsp3) is 0.364. The highest BCUT2D eigenvalue weighted by Gasteiger charge is 2.15. The Hall–Kier alpha value is -1.89. The van der Waals surface area contributed by atoms with Crippen LogP contribution in [0.5, 0.6) is 0 Å². The number of rotatable bonds is 4. The van der Waals surface area contributed by atoms with Gasteiger partial charge in [0, 0.05) is 37.3 Å². The molecule has 7 heteroatoms. The summed E-state index contributed by atoms with van der Waals surface area (Å²) in [5.74, 6) is -0.0737. The molecule has 0 aliphatic carbocycles. The smallest absolute Gasteiger partial charge is 0.273 e. The zero-order valence-corrected chi connectivity index (χ0v) is 11.1. The van der Waals surface area contributed by atoms with Gasteiger partial charge in [-0.25, -0.2) is 4.98 Å². The van der Waals surface area contributed by atoms with E-state index in [1.54, 1.807) is 30.8 Å². The summed E-state index contributed by atoms with van der Waals surface area (Å²) in [5, 5.41) is 9.76. The van der Waals surface area contributed by atoms with Gasteiger partial charge >= 0.3 is 0 Å². The van der Waals surface area contributed by atoms with Crippen molar-refractivity contribution in [3.8, 4) is 0 Å². The minimum Gasteiger partial charge on any atom is -0.396 e. The second-order valence-corrected chi connectivity index (χ2v) is 5.01. The quantitative estimate of drug-likeness (QED) is 0.863. The van der Waals surface area contributed by atoms with Crippen molar-refractivity contribution in [2.24, 2.45) is 7.05 Å². The molecular formula is C11H15N5OS. The Kier molecular flexibility index (Phi) is 3.61. The average Bonchev–Trinajstić information content (AvgIpc) is 2.95. The zero-order valence-electron chi connectivity index (χ0n) is 10.3. The van der Waals surface area contributed by atoms with Gasteiger partial charge in [-0.05, 0) is 0 Å². The summed E-state index contributed by atoms with van der Waals surface area (Å²) in [4.78, 5) is 16.1. The van der Waals surface area contributed by atoms with Crippen LogP contribution in [0.3, 0.4) is 0 Å². The predicted octanol–water partition coefficient (Wildman–Crippen LogP) is 0.992. The molecule has 18 heavy (non-hydrogen) atoms. The molecule has 0 bridgehead atoms. The SMILES string of the molecule is CC(CNC(=O)c1nn(C)cc1N)c1nccs1. The van der Waals surface area contributed by atoms with E-state index in [1.165, 1.54) is 4.68 Å². The number of nitrogens with one attached hydrogen (secondary N) is 1. The fourth-order valence-corrected chi connectivity index (χ4v) is 2.28. The van der Waals surface area contributed by atoms with E-state index in [-0.39, 0.29) is 17.5 Å². The van der Waals surface area contributed by atoms with Gasteiger partial charge in [0.15, 0.2) is 5.69 Å². The normalized spacial score (nSPS) is 12.3. The number of carbonyl (C=O) groups is 1. The Morgan fingerprint density at radius 3 is 3.00 bits per heavy atom. The van der Waals surface area contributed by atoms with Gasteiger partial charge in [-0.15, -0.1) is 11.3 Å². The number of hydrogen-bond donors (Lipinski definition) is 2. The largest absolute Gasteiger partial charge is 0.396 e. The molecule has 2 heterocycles. The Balaban J connectivity index is 1.94. The first-order valence-corrected chi connectivity index (χ1v) is 6.42. The van der Waals surface area contributed by atoms with E-state index in [9.17, 15) is 4.79 Å². The predicted molar refractivity (Wildman–Crippen MR) is 70.5 cm³/mol. The van der Waals surface area contributed by atoms with Crippen molar-refractivity contribution in [3.63, 3.8) is 0 Å². The molecular weight excluding hydrogens is 250 g/mol. The lowest BCUT2D eigenvalue weighted by Crippen LogP contribution is -2.28. The van der Waals surface area contributed by atoms with Crippen LogP contribution in [0.2, 0.25) is 0 Å². The number of nitrogen functional groups attached to an aromatic ring is 1. The first-order valence-electron chi connectivity index (χ1n) is 5.54. The maximum absolute atomic E-state index is 11.9. The van der Waals surface area contributed by atoms with E-state index in [0.717, 1.165) is 5.01 Å². The zero-order chi connectivity index (χ0) is 13.1. The molecule has 96 valence electrons. The van der Waals surface area contributed by atoms with Gasteiger partial charge in [0.1, 0.15) is 0 Å². The van der Waals surface area contributed by atoms with Crippen LogP contribution in [0, 0.1) is 0 Å². The first kappa shape index (κ1) is 12.6. The number of amides is 1. The Bertz CT molecular complexity index is 534. The van der Waals surface area contributed by atoms with Crippen LogP contribution in [-0.4, -0.2) is 27.2 Å². The molecule has 2 aromatic rings. The minimum absolute atomic E-state index is 0.180. The van der Waals surface area contributed by atoms with Gasteiger partial charge in [-0.3, -0.25) is 9.48 Å². The molecule has 0 spiro atoms. The van der Waals surface area contributed by atoms with Gasteiger partial charge in [0.05, 0.1) is 10.7 Å². The van der Waals surface area contributed by atoms with E-state index in [1.807, 2.05) is 12.3 Å². The monoisotopic (exact) mass is 265 g/mol. The van der Waals surface area contributed by atoms with Crippen LogP contribution >= 0.6 is 11.3 Å². The van der Waals surface area contributed by atoms with Crippen molar-refractivity contribution >= 4 is 22.9 Å². The fourth-order valence-electron chi connectivity index (χ4n) is 1.58. The van der Waals surface area contributed by atoms with Crippen LogP contribution < -0.4 is 11.1 Å². The number of aryl methyl sites for hydroxylation is 1. The van der Waals surface area contributed by atoms with Crippen molar-refractivity contribution in [1.29, 1.82) is 0 Å². The molecule has 0 saturated carbocycles. The Morgan fingerprint density at radius 1 is 1.67 bits per heavy atom. The van der Waals surface area contributed by atoms with Crippen LogP contribution in [0.4, 0.5) is 5.69 Å². The van der Waals surface area contributed by atoms with E-state index >= 15 is 0 Å². The van der Waals surface area contributed by atoms with Crippen molar-refractivity contribution in [2.75, 3.05) is 12.3 Å². The van der Waals surface area contributed by atoms with Gasteiger partial charge in [0.25, 0.3) is 5.91 Å². The van der Waals surface area contributed by atoms with Crippen molar-refractivity contribution < 1.29 is 4.79 Å². The molecule has 1 atom stereocenters. The summed E-state index contributed by atoms with van der Waals surface area (Å²) in [6.45, 7) is 2.53. The molecule has 6 nitrogen and oxygen atoms in total. The molecule has 0 radical (unpaired) electrons. The Morgan fingerprint density at radius 2 is 2.44 bits per heavy atom. The lowest BCUT2D eigenvalue weighted by Gasteiger charge is -2.09. The molecule has 2 aromatic heterocycles. The number of anilines is 1. The van der Waals surface area contributed by atoms with Crippen molar-refractivity contribution in [1.82, 2.24) is 20.1 Å². The summed E-state index contributed by atoms with van der Waals surface area (Å²) in [6, 6.07) is 0. The number of aromatic nitrogens is 3. The maximum atomic E-state index is 11.9. The van der Waals surface area contributed by atoms with E-state index in [2.05, 4.69) is 15.4 Å². The first-order chi connectivity index (χ1) is 8.58. The molecule has 1 amide bonds. The molecule has 0 aliphatic rings. The molecule has 0 saturated heterocycles. The Labute approximate surface area is 109 Å². The van der Waals surface area contributed by atoms with Gasteiger partial charge in [-0.1, -0.05) is 6.92 Å². The molecule has 1 unspecified atom stereocenters. The number of thiazole rings is 1. The summed E-state index contributed by atoms with van der Waals surface area (Å²) < 4.78 is 1.52. The maximum Gasteiger partial charge on any atom is 0.273 e. The highest BCUT2D eigenvalue weighted by atomic mass is 32.1. The minimum atomic E-state index is -0.253. The topological polar surface area (TPSA) is 85.8 Å². The lowest BCUT2D eigenvalue weighted by molar-refractivity contribution is 0.0947. The van der Waals surface area contributed by atoms with E-state index in [4.69, 9.17) is 5.73 Å². The van der Waals surface area contributed by atoms with Gasteiger partial charge in [-0.2, -0.15) is 5.10 Å².